The van der Waals surface area contributed by atoms with Crippen LogP contribution in [-0.4, -0.2) is 39.9 Å². The molecule has 0 radical (unpaired) electrons. The van der Waals surface area contributed by atoms with Crippen LogP contribution in [0.2, 0.25) is 0 Å². The average molecular weight is 216 g/mol. The molecule has 1 aliphatic heterocycles. The summed E-state index contributed by atoms with van der Waals surface area (Å²) in [4.78, 5) is 0. The molecular formula is C11H20O4. The Morgan fingerprint density at radius 1 is 1.33 bits per heavy atom. The Balaban J connectivity index is 1.92. The van der Waals surface area contributed by atoms with E-state index in [9.17, 15) is 15.3 Å². The number of hydrogen-bond donors (Lipinski definition) is 3. The third kappa shape index (κ3) is 2.33. The van der Waals surface area contributed by atoms with E-state index in [4.69, 9.17) is 4.74 Å². The standard InChI is InChI=1S/C11H20O4/c1-6(12)2-3-7-8-4-11(14)15-10(8)5-9(7)13/h6-14H,2-5H2,1H3/t6-,7+,8+,9+,10-,11?/m0/s1. The van der Waals surface area contributed by atoms with Gasteiger partial charge in [-0.2, -0.15) is 0 Å². The van der Waals surface area contributed by atoms with Gasteiger partial charge in [-0.25, -0.2) is 0 Å². The second kappa shape index (κ2) is 4.37. The molecule has 1 unspecified atom stereocenters. The topological polar surface area (TPSA) is 69.9 Å². The molecule has 2 rings (SSSR count). The monoisotopic (exact) mass is 216 g/mol. The maximum absolute atomic E-state index is 9.85. The van der Waals surface area contributed by atoms with Crippen molar-refractivity contribution in [1.82, 2.24) is 0 Å². The van der Waals surface area contributed by atoms with E-state index in [0.29, 0.717) is 19.3 Å². The van der Waals surface area contributed by atoms with E-state index in [2.05, 4.69) is 0 Å². The van der Waals surface area contributed by atoms with Crippen LogP contribution >= 0.6 is 0 Å². The number of rotatable bonds is 3. The highest BCUT2D eigenvalue weighted by molar-refractivity contribution is 4.95. The number of aliphatic hydroxyl groups excluding tert-OH is 3. The van der Waals surface area contributed by atoms with Gasteiger partial charge in [0, 0.05) is 12.8 Å². The first kappa shape index (κ1) is 11.3. The summed E-state index contributed by atoms with van der Waals surface area (Å²) in [6.07, 6.45) is 1.51. The fraction of sp³-hybridized carbons (Fsp3) is 1.00. The molecule has 15 heavy (non-hydrogen) atoms. The molecule has 1 heterocycles. The molecule has 0 amide bonds. The minimum Gasteiger partial charge on any atom is -0.393 e. The average Bonchev–Trinajstić information content (AvgIpc) is 2.57. The van der Waals surface area contributed by atoms with Crippen LogP contribution < -0.4 is 0 Å². The maximum Gasteiger partial charge on any atom is 0.155 e. The molecule has 4 nitrogen and oxygen atoms in total. The summed E-state index contributed by atoms with van der Waals surface area (Å²) < 4.78 is 5.33. The summed E-state index contributed by atoms with van der Waals surface area (Å²) in [7, 11) is 0. The summed E-state index contributed by atoms with van der Waals surface area (Å²) in [5.41, 5.74) is 0. The third-order valence-electron chi connectivity index (χ3n) is 3.72. The lowest BCUT2D eigenvalue weighted by Gasteiger charge is -2.20. The molecule has 4 heteroatoms. The SMILES string of the molecule is C[C@H](O)CC[C@@H]1[C@H]2CC(O)O[C@H]2C[C@H]1O. The molecule has 2 aliphatic rings. The van der Waals surface area contributed by atoms with Crippen LogP contribution in [0.25, 0.3) is 0 Å². The summed E-state index contributed by atoms with van der Waals surface area (Å²) >= 11 is 0. The Morgan fingerprint density at radius 3 is 2.73 bits per heavy atom. The lowest BCUT2D eigenvalue weighted by molar-refractivity contribution is -0.0951. The molecule has 6 atom stereocenters. The summed E-state index contributed by atoms with van der Waals surface area (Å²) in [6, 6.07) is 0. The van der Waals surface area contributed by atoms with E-state index in [0.717, 1.165) is 6.42 Å². The smallest absolute Gasteiger partial charge is 0.155 e. The van der Waals surface area contributed by atoms with Crippen LogP contribution in [-0.2, 0) is 4.74 Å². The molecule has 1 saturated heterocycles. The van der Waals surface area contributed by atoms with E-state index in [-0.39, 0.29) is 30.1 Å². The van der Waals surface area contributed by atoms with Crippen LogP contribution in [0, 0.1) is 11.8 Å². The van der Waals surface area contributed by atoms with Crippen molar-refractivity contribution in [2.75, 3.05) is 0 Å². The van der Waals surface area contributed by atoms with Crippen molar-refractivity contribution >= 4 is 0 Å². The first-order valence-corrected chi connectivity index (χ1v) is 5.77. The fourth-order valence-electron chi connectivity index (χ4n) is 2.96. The van der Waals surface area contributed by atoms with Crippen molar-refractivity contribution in [3.63, 3.8) is 0 Å². The van der Waals surface area contributed by atoms with Crippen molar-refractivity contribution < 1.29 is 20.1 Å². The molecular weight excluding hydrogens is 196 g/mol. The number of fused-ring (bicyclic) bond motifs is 1. The second-order valence-corrected chi connectivity index (χ2v) is 4.92. The molecule has 88 valence electrons. The number of ether oxygens (including phenoxy) is 1. The van der Waals surface area contributed by atoms with Gasteiger partial charge in [0.2, 0.25) is 0 Å². The first-order valence-electron chi connectivity index (χ1n) is 5.77. The van der Waals surface area contributed by atoms with E-state index in [1.54, 1.807) is 6.92 Å². The highest BCUT2D eigenvalue weighted by atomic mass is 16.6. The largest absolute Gasteiger partial charge is 0.393 e. The first-order chi connectivity index (χ1) is 7.08. The minimum absolute atomic E-state index is 0.0222. The van der Waals surface area contributed by atoms with Crippen molar-refractivity contribution in [3.05, 3.63) is 0 Å². The van der Waals surface area contributed by atoms with E-state index < -0.39 is 6.29 Å². The second-order valence-electron chi connectivity index (χ2n) is 4.92. The van der Waals surface area contributed by atoms with Gasteiger partial charge in [-0.15, -0.1) is 0 Å². The molecule has 1 aliphatic carbocycles. The van der Waals surface area contributed by atoms with Gasteiger partial charge in [0.25, 0.3) is 0 Å². The van der Waals surface area contributed by atoms with Crippen LogP contribution in [0.3, 0.4) is 0 Å². The van der Waals surface area contributed by atoms with Gasteiger partial charge >= 0.3 is 0 Å². The summed E-state index contributed by atoms with van der Waals surface area (Å²) in [5, 5.41) is 28.4. The molecule has 0 aromatic heterocycles. The van der Waals surface area contributed by atoms with Crippen LogP contribution in [0.5, 0.6) is 0 Å². The lowest BCUT2D eigenvalue weighted by atomic mass is 9.87. The Bertz CT molecular complexity index is 219. The predicted octanol–water partition coefficient (Wildman–Crippen LogP) is 0.252. The van der Waals surface area contributed by atoms with Crippen LogP contribution in [0.15, 0.2) is 0 Å². The minimum atomic E-state index is -0.651. The van der Waals surface area contributed by atoms with E-state index >= 15 is 0 Å². The zero-order valence-corrected chi connectivity index (χ0v) is 9.04. The van der Waals surface area contributed by atoms with Gasteiger partial charge in [0.1, 0.15) is 0 Å². The molecule has 0 bridgehead atoms. The van der Waals surface area contributed by atoms with Gasteiger partial charge in [-0.1, -0.05) is 0 Å². The molecule has 0 aromatic carbocycles. The van der Waals surface area contributed by atoms with Gasteiger partial charge in [-0.3, -0.25) is 0 Å². The van der Waals surface area contributed by atoms with E-state index in [1.807, 2.05) is 0 Å². The highest BCUT2D eigenvalue weighted by Gasteiger charge is 2.48. The molecule has 0 spiro atoms. The third-order valence-corrected chi connectivity index (χ3v) is 3.72. The van der Waals surface area contributed by atoms with Gasteiger partial charge in [0.05, 0.1) is 18.3 Å². The van der Waals surface area contributed by atoms with E-state index in [1.165, 1.54) is 0 Å². The van der Waals surface area contributed by atoms with Crippen molar-refractivity contribution in [1.29, 1.82) is 0 Å². The summed E-state index contributed by atoms with van der Waals surface area (Å²) in [5.74, 6) is 0.454. The Morgan fingerprint density at radius 2 is 2.07 bits per heavy atom. The van der Waals surface area contributed by atoms with Crippen molar-refractivity contribution in [2.45, 2.75) is 57.2 Å². The van der Waals surface area contributed by atoms with Crippen LogP contribution in [0.1, 0.15) is 32.6 Å². The molecule has 3 N–H and O–H groups in total. The summed E-state index contributed by atoms with van der Waals surface area (Å²) in [6.45, 7) is 1.76. The molecule has 2 fully saturated rings. The highest BCUT2D eigenvalue weighted by Crippen LogP contribution is 2.44. The number of hydrogen-bond acceptors (Lipinski definition) is 4. The quantitative estimate of drug-likeness (QED) is 0.632. The van der Waals surface area contributed by atoms with Crippen LogP contribution in [0.4, 0.5) is 0 Å². The van der Waals surface area contributed by atoms with Crippen molar-refractivity contribution in [2.24, 2.45) is 11.8 Å². The maximum atomic E-state index is 9.85. The Kier molecular flexibility index (Phi) is 3.30. The Labute approximate surface area is 89.9 Å². The normalized spacial score (nSPS) is 46.8. The Hall–Kier alpha value is -0.160. The lowest BCUT2D eigenvalue weighted by Crippen LogP contribution is -2.22. The van der Waals surface area contributed by atoms with Crippen molar-refractivity contribution in [3.8, 4) is 0 Å². The van der Waals surface area contributed by atoms with Gasteiger partial charge in [0.15, 0.2) is 6.29 Å². The zero-order chi connectivity index (χ0) is 11.0. The molecule has 1 saturated carbocycles. The zero-order valence-electron chi connectivity index (χ0n) is 9.04. The predicted molar refractivity (Wildman–Crippen MR) is 54.0 cm³/mol. The molecule has 0 aromatic rings. The fourth-order valence-corrected chi connectivity index (χ4v) is 2.96. The van der Waals surface area contributed by atoms with Gasteiger partial charge < -0.3 is 20.1 Å². The van der Waals surface area contributed by atoms with Gasteiger partial charge in [-0.05, 0) is 31.6 Å². The number of aliphatic hydroxyl groups is 3.